The fourth-order valence-electron chi connectivity index (χ4n) is 2.34. The Kier molecular flexibility index (Phi) is 5.90. The summed E-state index contributed by atoms with van der Waals surface area (Å²) in [4.78, 5) is 16.2. The molecule has 1 heterocycles. The van der Waals surface area contributed by atoms with Gasteiger partial charge < -0.3 is 9.84 Å². The summed E-state index contributed by atoms with van der Waals surface area (Å²) in [7, 11) is 0. The van der Waals surface area contributed by atoms with Crippen LogP contribution in [0.2, 0.25) is 10.0 Å². The van der Waals surface area contributed by atoms with E-state index >= 15 is 0 Å². The van der Waals surface area contributed by atoms with Gasteiger partial charge in [-0.05, 0) is 30.3 Å². The molecule has 28 heavy (non-hydrogen) atoms. The Hall–Kier alpha value is -2.58. The molecule has 10 heteroatoms. The van der Waals surface area contributed by atoms with Crippen molar-refractivity contribution in [1.29, 1.82) is 0 Å². The summed E-state index contributed by atoms with van der Waals surface area (Å²) in [6, 6.07) is 9.63. The molecule has 0 bridgehead atoms. The summed E-state index contributed by atoms with van der Waals surface area (Å²) in [5, 5.41) is 6.62. The van der Waals surface area contributed by atoms with Crippen molar-refractivity contribution >= 4 is 34.8 Å². The quantitative estimate of drug-likeness (QED) is 0.570. The molecule has 1 N–H and O–H groups in total. The topological polar surface area (TPSA) is 68.0 Å². The van der Waals surface area contributed by atoms with Crippen LogP contribution in [0.1, 0.15) is 17.9 Å². The number of halogens is 5. The molecule has 0 fully saturated rings. The lowest BCUT2D eigenvalue weighted by Gasteiger charge is -2.11. The van der Waals surface area contributed by atoms with Crippen molar-refractivity contribution in [3.8, 4) is 11.4 Å². The van der Waals surface area contributed by atoms with E-state index in [4.69, 9.17) is 27.7 Å². The molecule has 0 aliphatic heterocycles. The molecule has 0 spiro atoms. The van der Waals surface area contributed by atoms with E-state index in [9.17, 15) is 18.0 Å². The minimum atomic E-state index is -4.54. The third kappa shape index (κ3) is 4.82. The number of rotatable bonds is 5. The number of carbonyl (C=O) groups is 1. The number of nitrogens with zero attached hydrogens (tertiary/aromatic N) is 2. The number of nitrogens with one attached hydrogen (secondary N) is 1. The zero-order valence-corrected chi connectivity index (χ0v) is 15.6. The number of carbonyl (C=O) groups excluding carboxylic acids is 1. The van der Waals surface area contributed by atoms with E-state index in [-0.39, 0.29) is 35.3 Å². The summed E-state index contributed by atoms with van der Waals surface area (Å²) in [6.45, 7) is 0. The summed E-state index contributed by atoms with van der Waals surface area (Å²) >= 11 is 11.9. The van der Waals surface area contributed by atoms with Crippen LogP contribution in [0.4, 0.5) is 18.9 Å². The lowest BCUT2D eigenvalue weighted by molar-refractivity contribution is -0.137. The van der Waals surface area contributed by atoms with Gasteiger partial charge in [0, 0.05) is 18.4 Å². The van der Waals surface area contributed by atoms with Gasteiger partial charge in [0.25, 0.3) is 0 Å². The molecule has 2 aromatic carbocycles. The molecule has 0 unspecified atom stereocenters. The summed E-state index contributed by atoms with van der Waals surface area (Å²) in [6.07, 6.45) is -4.53. The van der Waals surface area contributed by atoms with E-state index in [0.29, 0.717) is 10.6 Å². The van der Waals surface area contributed by atoms with Gasteiger partial charge in [0.15, 0.2) is 0 Å². The third-order valence-electron chi connectivity index (χ3n) is 3.72. The monoisotopic (exact) mass is 429 g/mol. The lowest BCUT2D eigenvalue weighted by Crippen LogP contribution is -2.14. The number of amides is 1. The minimum absolute atomic E-state index is 0.000135. The standard InChI is InChI=1S/C18H12Cl2F3N3O2/c19-12-4-2-1-3-11(12)17-25-16(28-26-17)8-7-15(27)24-14-9-10(18(21,22)23)5-6-13(14)20/h1-6,9H,7-8H2,(H,24,27). The number of alkyl halides is 3. The van der Waals surface area contributed by atoms with Gasteiger partial charge in [-0.15, -0.1) is 0 Å². The van der Waals surface area contributed by atoms with E-state index in [2.05, 4.69) is 15.5 Å². The Bertz CT molecular complexity index is 1010. The zero-order chi connectivity index (χ0) is 20.3. The Balaban J connectivity index is 1.63. The first kappa shape index (κ1) is 20.2. The molecule has 5 nitrogen and oxygen atoms in total. The van der Waals surface area contributed by atoms with Crippen LogP contribution in [0.25, 0.3) is 11.4 Å². The maximum atomic E-state index is 12.8. The first-order valence-electron chi connectivity index (χ1n) is 7.98. The number of anilines is 1. The predicted octanol–water partition coefficient (Wildman–Crippen LogP) is 5.63. The number of aryl methyl sites for hydroxylation is 1. The Morgan fingerprint density at radius 3 is 2.57 bits per heavy atom. The van der Waals surface area contributed by atoms with E-state index in [1.54, 1.807) is 24.3 Å². The fraction of sp³-hybridized carbons (Fsp3) is 0.167. The van der Waals surface area contributed by atoms with Crippen LogP contribution in [0.15, 0.2) is 47.0 Å². The molecule has 0 atom stereocenters. The molecule has 146 valence electrons. The van der Waals surface area contributed by atoms with Gasteiger partial charge in [-0.2, -0.15) is 18.2 Å². The summed E-state index contributed by atoms with van der Waals surface area (Å²) in [5.41, 5.74) is -0.448. The largest absolute Gasteiger partial charge is 0.416 e. The average molecular weight is 430 g/mol. The first-order valence-corrected chi connectivity index (χ1v) is 8.73. The van der Waals surface area contributed by atoms with Gasteiger partial charge in [-0.3, -0.25) is 4.79 Å². The molecule has 1 amide bonds. The Morgan fingerprint density at radius 2 is 1.86 bits per heavy atom. The highest BCUT2D eigenvalue weighted by Crippen LogP contribution is 2.34. The van der Waals surface area contributed by atoms with Crippen LogP contribution in [0.5, 0.6) is 0 Å². The van der Waals surface area contributed by atoms with Crippen molar-refractivity contribution in [2.45, 2.75) is 19.0 Å². The smallest absolute Gasteiger partial charge is 0.339 e. The fourth-order valence-corrected chi connectivity index (χ4v) is 2.72. The molecule has 3 rings (SSSR count). The normalized spacial score (nSPS) is 11.5. The number of benzene rings is 2. The second-order valence-electron chi connectivity index (χ2n) is 5.73. The van der Waals surface area contributed by atoms with Crippen molar-refractivity contribution in [3.63, 3.8) is 0 Å². The molecule has 0 radical (unpaired) electrons. The van der Waals surface area contributed by atoms with Gasteiger partial charge in [-0.1, -0.05) is 40.5 Å². The number of hydrogen-bond donors (Lipinski definition) is 1. The lowest BCUT2D eigenvalue weighted by atomic mass is 10.2. The number of aromatic nitrogens is 2. The first-order chi connectivity index (χ1) is 13.2. The Morgan fingerprint density at radius 1 is 1.11 bits per heavy atom. The van der Waals surface area contributed by atoms with Crippen LogP contribution < -0.4 is 5.32 Å². The maximum absolute atomic E-state index is 12.8. The second-order valence-corrected chi connectivity index (χ2v) is 6.55. The second kappa shape index (κ2) is 8.20. The molecular formula is C18H12Cl2F3N3O2. The molecule has 0 aliphatic carbocycles. The molecular weight excluding hydrogens is 418 g/mol. The van der Waals surface area contributed by atoms with Gasteiger partial charge in [0.2, 0.25) is 17.6 Å². The molecule has 1 aromatic heterocycles. The van der Waals surface area contributed by atoms with Crippen molar-refractivity contribution in [2.24, 2.45) is 0 Å². The Labute approximate surface area is 167 Å². The predicted molar refractivity (Wildman–Crippen MR) is 98.1 cm³/mol. The third-order valence-corrected chi connectivity index (χ3v) is 4.38. The average Bonchev–Trinajstić information content (AvgIpc) is 3.10. The van der Waals surface area contributed by atoms with Crippen molar-refractivity contribution in [3.05, 3.63) is 64.0 Å². The minimum Gasteiger partial charge on any atom is -0.339 e. The zero-order valence-electron chi connectivity index (χ0n) is 14.1. The van der Waals surface area contributed by atoms with E-state index in [1.807, 2.05) is 0 Å². The van der Waals surface area contributed by atoms with Crippen LogP contribution in [0, 0.1) is 0 Å². The SMILES string of the molecule is O=C(CCc1nc(-c2ccccc2Cl)no1)Nc1cc(C(F)(F)F)ccc1Cl. The van der Waals surface area contributed by atoms with Gasteiger partial charge in [0.1, 0.15) is 0 Å². The maximum Gasteiger partial charge on any atom is 0.416 e. The molecule has 0 aliphatic rings. The van der Waals surface area contributed by atoms with Crippen LogP contribution in [0.3, 0.4) is 0 Å². The highest BCUT2D eigenvalue weighted by molar-refractivity contribution is 6.33. The van der Waals surface area contributed by atoms with E-state index in [0.717, 1.165) is 18.2 Å². The molecule has 0 saturated heterocycles. The summed E-state index contributed by atoms with van der Waals surface area (Å²) in [5.74, 6) is -0.0687. The molecule has 3 aromatic rings. The van der Waals surface area contributed by atoms with Gasteiger partial charge in [0.05, 0.1) is 21.3 Å². The van der Waals surface area contributed by atoms with Crippen LogP contribution in [-0.4, -0.2) is 16.0 Å². The van der Waals surface area contributed by atoms with Crippen molar-refractivity contribution < 1.29 is 22.5 Å². The summed E-state index contributed by atoms with van der Waals surface area (Å²) < 4.78 is 43.4. The van der Waals surface area contributed by atoms with Crippen molar-refractivity contribution in [2.75, 3.05) is 5.32 Å². The van der Waals surface area contributed by atoms with E-state index < -0.39 is 17.6 Å². The van der Waals surface area contributed by atoms with E-state index in [1.165, 1.54) is 0 Å². The van der Waals surface area contributed by atoms with Crippen LogP contribution >= 0.6 is 23.2 Å². The van der Waals surface area contributed by atoms with Crippen molar-refractivity contribution in [1.82, 2.24) is 10.1 Å². The molecule has 0 saturated carbocycles. The van der Waals surface area contributed by atoms with Gasteiger partial charge >= 0.3 is 6.18 Å². The number of hydrogen-bond acceptors (Lipinski definition) is 4. The highest BCUT2D eigenvalue weighted by Gasteiger charge is 2.31. The highest BCUT2D eigenvalue weighted by atomic mass is 35.5. The van der Waals surface area contributed by atoms with Crippen LogP contribution in [-0.2, 0) is 17.4 Å². The van der Waals surface area contributed by atoms with Gasteiger partial charge in [-0.25, -0.2) is 0 Å².